The lowest BCUT2D eigenvalue weighted by atomic mass is 10.3. The summed E-state index contributed by atoms with van der Waals surface area (Å²) in [6.07, 6.45) is 0. The van der Waals surface area contributed by atoms with Gasteiger partial charge in [0, 0.05) is 0 Å². The van der Waals surface area contributed by atoms with Crippen LogP contribution in [0.15, 0.2) is 0 Å². The summed E-state index contributed by atoms with van der Waals surface area (Å²) in [6.45, 7) is 6.48. The van der Waals surface area contributed by atoms with Crippen LogP contribution in [0.25, 0.3) is 0 Å². The molecule has 0 aromatic heterocycles. The zero-order valence-electron chi connectivity index (χ0n) is 4.47. The van der Waals surface area contributed by atoms with Gasteiger partial charge in [-0.25, -0.2) is 8.42 Å². The molecule has 43 valence electrons. The minimum atomic E-state index is -2.35. The molecule has 0 saturated carbocycles. The van der Waals surface area contributed by atoms with Gasteiger partial charge in [-0.15, -0.1) is 0 Å². The molecule has 0 fully saturated rings. The molecule has 0 aromatic carbocycles. The van der Waals surface area contributed by atoms with Crippen molar-refractivity contribution in [3.8, 4) is 0 Å². The Bertz CT molecular complexity index is 110. The molecule has 0 amide bonds. The Kier molecular flexibility index (Phi) is 1.81. The lowest BCUT2D eigenvalue weighted by Crippen LogP contribution is -2.15. The van der Waals surface area contributed by atoms with Crippen LogP contribution in [0.2, 0.25) is 0 Å². The molecule has 0 N–H and O–H groups in total. The molecular formula is C4H9O2S. The van der Waals surface area contributed by atoms with Crippen molar-refractivity contribution in [1.82, 2.24) is 0 Å². The fourth-order valence-electron chi connectivity index (χ4n) is 0. The van der Waals surface area contributed by atoms with E-state index in [1.807, 2.05) is 0 Å². The number of hydrogen-bond donors (Lipinski definition) is 1. The second-order valence-electron chi connectivity index (χ2n) is 2.07. The molecule has 2 nitrogen and oxygen atoms in total. The van der Waals surface area contributed by atoms with E-state index in [4.69, 9.17) is 0 Å². The Morgan fingerprint density at radius 1 is 1.43 bits per heavy atom. The SMILES string of the molecule is [CH2]C(C)(C)[SH](=O)=O. The fourth-order valence-corrected chi connectivity index (χ4v) is 0. The normalized spacial score (nSPS) is 12.6. The molecule has 3 heteroatoms. The zero-order valence-corrected chi connectivity index (χ0v) is 5.37. The average molecular weight is 121 g/mol. The summed E-state index contributed by atoms with van der Waals surface area (Å²) < 4.78 is 19.2. The summed E-state index contributed by atoms with van der Waals surface area (Å²) in [4.78, 5) is 0. The summed E-state index contributed by atoms with van der Waals surface area (Å²) in [5, 5.41) is 0. The predicted octanol–water partition coefficient (Wildman–Crippen LogP) is 0.210. The summed E-state index contributed by atoms with van der Waals surface area (Å²) >= 11 is 0. The summed E-state index contributed by atoms with van der Waals surface area (Å²) in [6, 6.07) is 0. The highest BCUT2D eigenvalue weighted by atomic mass is 32.2. The van der Waals surface area contributed by atoms with Crippen molar-refractivity contribution < 1.29 is 8.42 Å². The van der Waals surface area contributed by atoms with Gasteiger partial charge in [-0.1, -0.05) is 0 Å². The molecule has 0 aliphatic heterocycles. The third kappa shape index (κ3) is 2.62. The third-order valence-corrected chi connectivity index (χ3v) is 1.48. The maximum absolute atomic E-state index is 10.00. The Morgan fingerprint density at radius 3 is 1.57 bits per heavy atom. The van der Waals surface area contributed by atoms with E-state index >= 15 is 0 Å². The Labute approximate surface area is 45.5 Å². The van der Waals surface area contributed by atoms with E-state index in [0.717, 1.165) is 0 Å². The maximum atomic E-state index is 10.00. The summed E-state index contributed by atoms with van der Waals surface area (Å²) in [5.74, 6) is 0. The molecule has 0 bridgehead atoms. The first-order valence-corrected chi connectivity index (χ1v) is 3.12. The van der Waals surface area contributed by atoms with Crippen molar-refractivity contribution in [2.24, 2.45) is 0 Å². The monoisotopic (exact) mass is 121 g/mol. The number of rotatable bonds is 1. The van der Waals surface area contributed by atoms with Crippen LogP contribution in [-0.2, 0) is 10.7 Å². The number of hydrogen-bond acceptors (Lipinski definition) is 2. The first-order valence-electron chi connectivity index (χ1n) is 1.94. The van der Waals surface area contributed by atoms with Crippen LogP contribution >= 0.6 is 0 Å². The van der Waals surface area contributed by atoms with E-state index in [1.165, 1.54) is 0 Å². The van der Waals surface area contributed by atoms with Crippen molar-refractivity contribution >= 4 is 10.7 Å². The quantitative estimate of drug-likeness (QED) is 0.503. The van der Waals surface area contributed by atoms with Crippen molar-refractivity contribution in [3.05, 3.63) is 6.92 Å². The summed E-state index contributed by atoms with van der Waals surface area (Å²) in [5.41, 5.74) is 0. The van der Waals surface area contributed by atoms with E-state index in [9.17, 15) is 8.42 Å². The minimum Gasteiger partial charge on any atom is -0.231 e. The lowest BCUT2D eigenvalue weighted by Gasteiger charge is -2.04. The van der Waals surface area contributed by atoms with Crippen LogP contribution in [0.3, 0.4) is 0 Å². The van der Waals surface area contributed by atoms with Gasteiger partial charge >= 0.3 is 0 Å². The van der Waals surface area contributed by atoms with Gasteiger partial charge in [-0.05, 0) is 20.8 Å². The van der Waals surface area contributed by atoms with Crippen LogP contribution in [0, 0.1) is 6.92 Å². The molecule has 0 aromatic rings. The maximum Gasteiger partial charge on any atom is 0.145 e. The van der Waals surface area contributed by atoms with Crippen LogP contribution < -0.4 is 0 Å². The third-order valence-electron chi connectivity index (χ3n) is 0.494. The number of thiol groups is 1. The molecule has 0 saturated heterocycles. The molecule has 0 aliphatic rings. The van der Waals surface area contributed by atoms with Gasteiger partial charge in [0.05, 0.1) is 4.75 Å². The van der Waals surface area contributed by atoms with E-state index < -0.39 is 15.5 Å². The summed E-state index contributed by atoms with van der Waals surface area (Å²) in [7, 11) is -2.35. The van der Waals surface area contributed by atoms with Gasteiger partial charge in [0.1, 0.15) is 10.7 Å². The molecule has 7 heavy (non-hydrogen) atoms. The molecule has 0 heterocycles. The molecule has 0 spiro atoms. The zero-order chi connectivity index (χ0) is 6.08. The Hall–Kier alpha value is -0.0500. The molecule has 0 unspecified atom stereocenters. The topological polar surface area (TPSA) is 34.1 Å². The van der Waals surface area contributed by atoms with E-state index in [1.54, 1.807) is 13.8 Å². The Balaban J connectivity index is 4.08. The molecular weight excluding hydrogens is 112 g/mol. The lowest BCUT2D eigenvalue weighted by molar-refractivity contribution is 0.592. The van der Waals surface area contributed by atoms with Gasteiger partial charge in [-0.2, -0.15) is 0 Å². The van der Waals surface area contributed by atoms with Gasteiger partial charge in [0.2, 0.25) is 0 Å². The molecule has 1 radical (unpaired) electrons. The fraction of sp³-hybridized carbons (Fsp3) is 0.750. The highest BCUT2D eigenvalue weighted by Gasteiger charge is 2.11. The molecule has 0 aliphatic carbocycles. The first-order chi connectivity index (χ1) is 2.94. The van der Waals surface area contributed by atoms with Crippen molar-refractivity contribution in [3.63, 3.8) is 0 Å². The van der Waals surface area contributed by atoms with Crippen LogP contribution in [-0.4, -0.2) is 13.2 Å². The predicted molar refractivity (Wildman–Crippen MR) is 29.8 cm³/mol. The largest absolute Gasteiger partial charge is 0.231 e. The van der Waals surface area contributed by atoms with Gasteiger partial charge in [0.25, 0.3) is 0 Å². The highest BCUT2D eigenvalue weighted by Crippen LogP contribution is 2.02. The van der Waals surface area contributed by atoms with E-state index in [2.05, 4.69) is 6.92 Å². The van der Waals surface area contributed by atoms with Crippen molar-refractivity contribution in [1.29, 1.82) is 0 Å². The molecule has 0 rings (SSSR count). The minimum absolute atomic E-state index is 0.796. The highest BCUT2D eigenvalue weighted by molar-refractivity contribution is 7.74. The van der Waals surface area contributed by atoms with Crippen LogP contribution in [0.4, 0.5) is 0 Å². The average Bonchev–Trinajstić information content (AvgIpc) is 1.31. The smallest absolute Gasteiger partial charge is 0.145 e. The van der Waals surface area contributed by atoms with Crippen molar-refractivity contribution in [2.75, 3.05) is 0 Å². The van der Waals surface area contributed by atoms with Gasteiger partial charge in [-0.3, -0.25) is 0 Å². The van der Waals surface area contributed by atoms with Crippen LogP contribution in [0.1, 0.15) is 13.8 Å². The molecule has 0 atom stereocenters. The van der Waals surface area contributed by atoms with Gasteiger partial charge < -0.3 is 0 Å². The van der Waals surface area contributed by atoms with Crippen molar-refractivity contribution in [2.45, 2.75) is 18.6 Å². The second-order valence-corrected chi connectivity index (χ2v) is 3.79. The van der Waals surface area contributed by atoms with Crippen LogP contribution in [0.5, 0.6) is 0 Å². The Morgan fingerprint density at radius 2 is 1.57 bits per heavy atom. The first kappa shape index (κ1) is 6.95. The van der Waals surface area contributed by atoms with Gasteiger partial charge in [0.15, 0.2) is 0 Å². The van der Waals surface area contributed by atoms with E-state index in [-0.39, 0.29) is 0 Å². The standard InChI is InChI=1S/C4H9O2S/c1-4(2,3)7(5)6/h7H,1H2,2-3H3. The van der Waals surface area contributed by atoms with E-state index in [0.29, 0.717) is 0 Å². The second kappa shape index (κ2) is 1.82.